The van der Waals surface area contributed by atoms with Gasteiger partial charge in [-0.1, -0.05) is 37.1 Å². The third-order valence-corrected chi connectivity index (χ3v) is 2.97. The van der Waals surface area contributed by atoms with Crippen molar-refractivity contribution in [3.05, 3.63) is 41.7 Å². The van der Waals surface area contributed by atoms with Crippen LogP contribution in [0.3, 0.4) is 0 Å². The van der Waals surface area contributed by atoms with E-state index < -0.39 is 0 Å². The highest BCUT2D eigenvalue weighted by atomic mass is 15.0. The molecule has 0 atom stereocenters. The van der Waals surface area contributed by atoms with E-state index >= 15 is 0 Å². The Bertz CT molecular complexity index is 535. The van der Waals surface area contributed by atoms with E-state index in [0.29, 0.717) is 0 Å². The van der Waals surface area contributed by atoms with Crippen LogP contribution in [0.4, 0.5) is 5.82 Å². The van der Waals surface area contributed by atoms with Crippen LogP contribution in [-0.4, -0.2) is 17.0 Å². The van der Waals surface area contributed by atoms with Crippen LogP contribution in [0, 0.1) is 6.92 Å². The first-order chi connectivity index (χ1) is 8.76. The number of anilines is 1. The lowest BCUT2D eigenvalue weighted by Crippen LogP contribution is -2.03. The van der Waals surface area contributed by atoms with Crippen LogP contribution in [0.5, 0.6) is 0 Å². The predicted octanol–water partition coefficient (Wildman–Crippen LogP) is 3.45. The number of hydrogen-bond acceptors (Lipinski definition) is 3. The van der Waals surface area contributed by atoms with Crippen LogP contribution in [0.25, 0.3) is 11.3 Å². The second kappa shape index (κ2) is 5.63. The first-order valence-electron chi connectivity index (χ1n) is 6.35. The molecule has 0 bridgehead atoms. The van der Waals surface area contributed by atoms with Crippen molar-refractivity contribution in [1.29, 1.82) is 0 Å². The highest BCUT2D eigenvalue weighted by Crippen LogP contribution is 2.27. The third kappa shape index (κ3) is 2.50. The first-order valence-corrected chi connectivity index (χ1v) is 6.35. The van der Waals surface area contributed by atoms with Gasteiger partial charge in [0, 0.05) is 18.2 Å². The van der Waals surface area contributed by atoms with E-state index in [9.17, 15) is 0 Å². The van der Waals surface area contributed by atoms with E-state index in [4.69, 9.17) is 0 Å². The van der Waals surface area contributed by atoms with Gasteiger partial charge >= 0.3 is 0 Å². The summed E-state index contributed by atoms with van der Waals surface area (Å²) in [5.41, 5.74) is 4.66. The molecule has 0 aliphatic heterocycles. The van der Waals surface area contributed by atoms with Gasteiger partial charge in [0.15, 0.2) is 0 Å². The van der Waals surface area contributed by atoms with Gasteiger partial charge in [-0.3, -0.25) is 0 Å². The van der Waals surface area contributed by atoms with Crippen LogP contribution in [0.1, 0.15) is 24.5 Å². The third-order valence-electron chi connectivity index (χ3n) is 2.97. The Morgan fingerprint density at radius 2 is 2.06 bits per heavy atom. The summed E-state index contributed by atoms with van der Waals surface area (Å²) in [7, 11) is 1.90. The van der Waals surface area contributed by atoms with Crippen molar-refractivity contribution in [3.63, 3.8) is 0 Å². The van der Waals surface area contributed by atoms with Gasteiger partial charge in [-0.25, -0.2) is 9.97 Å². The predicted molar refractivity (Wildman–Crippen MR) is 75.7 cm³/mol. The Morgan fingerprint density at radius 1 is 1.22 bits per heavy atom. The minimum absolute atomic E-state index is 0.934. The Balaban J connectivity index is 2.55. The summed E-state index contributed by atoms with van der Waals surface area (Å²) >= 11 is 0. The first kappa shape index (κ1) is 12.6. The smallest absolute Gasteiger partial charge is 0.132 e. The number of aryl methyl sites for hydroxylation is 1. The molecule has 3 heteroatoms. The van der Waals surface area contributed by atoms with Crippen molar-refractivity contribution in [1.82, 2.24) is 9.97 Å². The van der Waals surface area contributed by atoms with Crippen LogP contribution >= 0.6 is 0 Å². The zero-order chi connectivity index (χ0) is 13.0. The number of hydrogen-bond donors (Lipinski definition) is 1. The van der Waals surface area contributed by atoms with E-state index in [0.717, 1.165) is 29.9 Å². The van der Waals surface area contributed by atoms with Gasteiger partial charge in [0.25, 0.3) is 0 Å². The lowest BCUT2D eigenvalue weighted by Gasteiger charge is -2.12. The average Bonchev–Trinajstić information content (AvgIpc) is 2.39. The van der Waals surface area contributed by atoms with Gasteiger partial charge < -0.3 is 5.32 Å². The molecule has 2 rings (SSSR count). The molecule has 0 saturated carbocycles. The zero-order valence-electron chi connectivity index (χ0n) is 11.2. The average molecular weight is 241 g/mol. The fourth-order valence-corrected chi connectivity index (χ4v) is 2.16. The van der Waals surface area contributed by atoms with E-state index in [1.54, 1.807) is 6.33 Å². The fraction of sp³-hybridized carbons (Fsp3) is 0.333. The largest absolute Gasteiger partial charge is 0.373 e. The number of benzene rings is 1. The number of nitrogens with zero attached hydrogens (tertiary/aromatic N) is 2. The summed E-state index contributed by atoms with van der Waals surface area (Å²) in [6, 6.07) is 8.44. The summed E-state index contributed by atoms with van der Waals surface area (Å²) in [5, 5.41) is 3.15. The lowest BCUT2D eigenvalue weighted by molar-refractivity contribution is 0.905. The van der Waals surface area contributed by atoms with Gasteiger partial charge in [-0.15, -0.1) is 0 Å². The van der Waals surface area contributed by atoms with Crippen molar-refractivity contribution >= 4 is 5.82 Å². The molecule has 94 valence electrons. The van der Waals surface area contributed by atoms with Crippen molar-refractivity contribution in [2.45, 2.75) is 26.7 Å². The topological polar surface area (TPSA) is 37.8 Å². The molecule has 2 aromatic rings. The molecule has 0 aliphatic rings. The number of aromatic nitrogens is 2. The second-order valence-electron chi connectivity index (χ2n) is 4.42. The Hall–Kier alpha value is -1.90. The minimum atomic E-state index is 0.934. The molecular weight excluding hydrogens is 222 g/mol. The van der Waals surface area contributed by atoms with Crippen LogP contribution in [-0.2, 0) is 6.42 Å². The fourth-order valence-electron chi connectivity index (χ4n) is 2.16. The van der Waals surface area contributed by atoms with Crippen LogP contribution < -0.4 is 5.32 Å². The van der Waals surface area contributed by atoms with Crippen LogP contribution in [0.15, 0.2) is 30.6 Å². The van der Waals surface area contributed by atoms with Crippen molar-refractivity contribution in [2.75, 3.05) is 12.4 Å². The van der Waals surface area contributed by atoms with Gasteiger partial charge in [-0.2, -0.15) is 0 Å². The van der Waals surface area contributed by atoms with Crippen molar-refractivity contribution in [2.24, 2.45) is 0 Å². The van der Waals surface area contributed by atoms with Crippen molar-refractivity contribution < 1.29 is 0 Å². The highest BCUT2D eigenvalue weighted by Gasteiger charge is 2.11. The lowest BCUT2D eigenvalue weighted by atomic mass is 10.0. The summed E-state index contributed by atoms with van der Waals surface area (Å²) in [6.07, 6.45) is 3.70. The van der Waals surface area contributed by atoms with E-state index in [2.05, 4.69) is 53.4 Å². The molecule has 18 heavy (non-hydrogen) atoms. The molecule has 0 saturated heterocycles. The molecule has 1 N–H and O–H groups in total. The highest BCUT2D eigenvalue weighted by molar-refractivity contribution is 5.68. The molecule has 0 aliphatic carbocycles. The monoisotopic (exact) mass is 241 g/mol. The van der Waals surface area contributed by atoms with Gasteiger partial charge in [0.2, 0.25) is 0 Å². The number of rotatable bonds is 4. The Labute approximate surface area is 108 Å². The van der Waals surface area contributed by atoms with Crippen LogP contribution in [0.2, 0.25) is 0 Å². The summed E-state index contributed by atoms with van der Waals surface area (Å²) in [5.74, 6) is 0.934. The summed E-state index contributed by atoms with van der Waals surface area (Å²) in [6.45, 7) is 4.27. The Kier molecular flexibility index (Phi) is 3.92. The van der Waals surface area contributed by atoms with E-state index in [-0.39, 0.29) is 0 Å². The maximum atomic E-state index is 4.47. The molecule has 0 amide bonds. The normalized spacial score (nSPS) is 10.4. The number of nitrogens with one attached hydrogen (secondary N) is 1. The molecule has 1 heterocycles. The summed E-state index contributed by atoms with van der Waals surface area (Å²) in [4.78, 5) is 8.77. The molecule has 1 aromatic heterocycles. The van der Waals surface area contributed by atoms with Gasteiger partial charge in [-0.05, 0) is 19.4 Å². The van der Waals surface area contributed by atoms with Crippen molar-refractivity contribution in [3.8, 4) is 11.3 Å². The SMILES string of the molecule is CCCc1c(NC)ncnc1-c1cccc(C)c1. The minimum Gasteiger partial charge on any atom is -0.373 e. The quantitative estimate of drug-likeness (QED) is 0.891. The molecule has 1 aromatic carbocycles. The molecule has 0 unspecified atom stereocenters. The molecule has 3 nitrogen and oxygen atoms in total. The maximum Gasteiger partial charge on any atom is 0.132 e. The molecular formula is C15H19N3. The molecule has 0 spiro atoms. The summed E-state index contributed by atoms with van der Waals surface area (Å²) < 4.78 is 0. The van der Waals surface area contributed by atoms with E-state index in [1.165, 1.54) is 11.1 Å². The standard InChI is InChI=1S/C15H19N3/c1-4-6-13-14(17-10-18-15(13)16-3)12-8-5-7-11(2)9-12/h5,7-10H,4,6H2,1-3H3,(H,16,17,18). The zero-order valence-corrected chi connectivity index (χ0v) is 11.2. The molecule has 0 fully saturated rings. The second-order valence-corrected chi connectivity index (χ2v) is 4.42. The maximum absolute atomic E-state index is 4.47. The van der Waals surface area contributed by atoms with Gasteiger partial charge in [0.1, 0.15) is 12.1 Å². The molecule has 0 radical (unpaired) electrons. The van der Waals surface area contributed by atoms with E-state index in [1.807, 2.05) is 7.05 Å². The Morgan fingerprint density at radius 3 is 2.72 bits per heavy atom. The van der Waals surface area contributed by atoms with Gasteiger partial charge in [0.05, 0.1) is 5.69 Å².